The van der Waals surface area contributed by atoms with Crippen LogP contribution >= 0.6 is 34.4 Å². The topological polar surface area (TPSA) is 103 Å². The predicted octanol–water partition coefficient (Wildman–Crippen LogP) is 2.29. The first kappa shape index (κ1) is 19.7. The lowest BCUT2D eigenvalue weighted by Crippen LogP contribution is -2.38. The molecule has 0 saturated heterocycles. The maximum absolute atomic E-state index is 12.3. The Hall–Kier alpha value is -1.62. The molecule has 0 aliphatic heterocycles. The van der Waals surface area contributed by atoms with Gasteiger partial charge in [0.15, 0.2) is 0 Å². The van der Waals surface area contributed by atoms with Gasteiger partial charge >= 0.3 is 0 Å². The van der Waals surface area contributed by atoms with Gasteiger partial charge in [0.2, 0.25) is 11.1 Å². The van der Waals surface area contributed by atoms with Gasteiger partial charge in [0.25, 0.3) is 5.56 Å². The molecule has 1 amide bonds. The highest BCUT2D eigenvalue weighted by molar-refractivity contribution is 14.1. The quantitative estimate of drug-likeness (QED) is 0.402. The number of carbonyl (C=O) groups is 1. The zero-order chi connectivity index (χ0) is 18.8. The fourth-order valence-corrected chi connectivity index (χ4v) is 3.34. The number of aryl methyl sites for hydroxylation is 1. The van der Waals surface area contributed by atoms with Gasteiger partial charge in [0.05, 0.1) is 5.75 Å². The first-order valence-corrected chi connectivity index (χ1v) is 9.60. The van der Waals surface area contributed by atoms with Gasteiger partial charge in [-0.25, -0.2) is 0 Å². The van der Waals surface area contributed by atoms with E-state index in [4.69, 9.17) is 5.84 Å². The van der Waals surface area contributed by atoms with Gasteiger partial charge in [0, 0.05) is 14.7 Å². The molecule has 0 radical (unpaired) electrons. The highest BCUT2D eigenvalue weighted by atomic mass is 127. The number of halogens is 1. The Morgan fingerprint density at radius 3 is 2.64 bits per heavy atom. The summed E-state index contributed by atoms with van der Waals surface area (Å²) in [7, 11) is 0. The summed E-state index contributed by atoms with van der Waals surface area (Å²) in [6.45, 7) is 7.52. The van der Waals surface area contributed by atoms with Crippen LogP contribution in [0.1, 0.15) is 32.0 Å². The molecular weight excluding hydrogens is 453 g/mol. The summed E-state index contributed by atoms with van der Waals surface area (Å²) < 4.78 is 2.05. The van der Waals surface area contributed by atoms with Gasteiger partial charge in [-0.15, -0.1) is 10.2 Å². The summed E-state index contributed by atoms with van der Waals surface area (Å²) in [5.41, 5.74) is 1.17. The Bertz CT molecular complexity index is 861. The molecule has 3 N–H and O–H groups in total. The third kappa shape index (κ3) is 4.94. The van der Waals surface area contributed by atoms with E-state index in [-0.39, 0.29) is 16.8 Å². The van der Waals surface area contributed by atoms with Crippen molar-refractivity contribution < 1.29 is 4.79 Å². The lowest BCUT2D eigenvalue weighted by Gasteiger charge is -2.17. The average Bonchev–Trinajstić information content (AvgIpc) is 2.50. The zero-order valence-corrected chi connectivity index (χ0v) is 17.4. The number of hydrogen-bond donors (Lipinski definition) is 2. The molecule has 0 saturated carbocycles. The standard InChI is InChI=1S/C16H20IN5O2S/c1-9-7-10(17)5-6-11(9)19-12(23)8-25-15-21-20-13(16(2,3)4)14(24)22(15)18/h5-7H,8,18H2,1-4H3,(H,19,23). The number of thioether (sulfide) groups is 1. The summed E-state index contributed by atoms with van der Waals surface area (Å²) in [4.78, 5) is 24.4. The lowest BCUT2D eigenvalue weighted by atomic mass is 9.93. The molecule has 0 bridgehead atoms. The van der Waals surface area contributed by atoms with Crippen LogP contribution in [0.2, 0.25) is 0 Å². The van der Waals surface area contributed by atoms with Gasteiger partial charge in [-0.1, -0.05) is 32.5 Å². The van der Waals surface area contributed by atoms with Gasteiger partial charge in [0.1, 0.15) is 5.69 Å². The molecule has 1 aromatic carbocycles. The number of amides is 1. The fourth-order valence-electron chi connectivity index (χ4n) is 2.04. The Balaban J connectivity index is 2.07. The number of hydrogen-bond acceptors (Lipinski definition) is 6. The Morgan fingerprint density at radius 1 is 1.36 bits per heavy atom. The largest absolute Gasteiger partial charge is 0.334 e. The molecule has 0 aliphatic carbocycles. The third-order valence-electron chi connectivity index (χ3n) is 3.37. The first-order valence-electron chi connectivity index (χ1n) is 7.53. The van der Waals surface area contributed by atoms with Crippen molar-refractivity contribution in [3.63, 3.8) is 0 Å². The molecule has 0 aliphatic rings. The van der Waals surface area contributed by atoms with E-state index in [0.29, 0.717) is 5.69 Å². The van der Waals surface area contributed by atoms with Gasteiger partial charge in [-0.2, -0.15) is 4.68 Å². The van der Waals surface area contributed by atoms with Gasteiger partial charge in [-0.3, -0.25) is 9.59 Å². The number of anilines is 1. The molecule has 1 heterocycles. The zero-order valence-electron chi connectivity index (χ0n) is 14.5. The molecule has 25 heavy (non-hydrogen) atoms. The van der Waals surface area contributed by atoms with Gasteiger partial charge < -0.3 is 11.2 Å². The number of carbonyl (C=O) groups excluding carboxylic acids is 1. The Kier molecular flexibility index (Phi) is 6.09. The minimum atomic E-state index is -0.450. The number of aromatic nitrogens is 3. The molecule has 7 nitrogen and oxygen atoms in total. The van der Waals surface area contributed by atoms with Crippen LogP contribution in [0.3, 0.4) is 0 Å². The van der Waals surface area contributed by atoms with Crippen LogP contribution in [0.5, 0.6) is 0 Å². The van der Waals surface area contributed by atoms with E-state index < -0.39 is 11.0 Å². The van der Waals surface area contributed by atoms with Crippen molar-refractivity contribution >= 4 is 45.9 Å². The predicted molar refractivity (Wildman–Crippen MR) is 108 cm³/mol. The number of nitrogen functional groups attached to an aromatic ring is 1. The monoisotopic (exact) mass is 473 g/mol. The molecule has 134 valence electrons. The minimum absolute atomic E-state index is 0.0750. The molecule has 2 rings (SSSR count). The van der Waals surface area contributed by atoms with Crippen molar-refractivity contribution in [1.29, 1.82) is 0 Å². The summed E-state index contributed by atoms with van der Waals surface area (Å²) in [5.74, 6) is 5.68. The van der Waals surface area contributed by atoms with Crippen molar-refractivity contribution in [2.45, 2.75) is 38.3 Å². The summed E-state index contributed by atoms with van der Waals surface area (Å²) in [6.07, 6.45) is 0. The van der Waals surface area contributed by atoms with Crippen molar-refractivity contribution in [2.24, 2.45) is 0 Å². The first-order chi connectivity index (χ1) is 11.6. The lowest BCUT2D eigenvalue weighted by molar-refractivity contribution is -0.113. The van der Waals surface area contributed by atoms with E-state index >= 15 is 0 Å². The summed E-state index contributed by atoms with van der Waals surface area (Å²) in [5, 5.41) is 11.0. The van der Waals surface area contributed by atoms with E-state index in [1.165, 1.54) is 0 Å². The molecule has 2 aromatic rings. The number of nitrogens with one attached hydrogen (secondary N) is 1. The number of rotatable bonds is 4. The maximum Gasteiger partial charge on any atom is 0.295 e. The summed E-state index contributed by atoms with van der Waals surface area (Å²) in [6, 6.07) is 5.76. The van der Waals surface area contributed by atoms with Crippen LogP contribution in [0.4, 0.5) is 5.69 Å². The second-order valence-electron chi connectivity index (χ2n) is 6.55. The van der Waals surface area contributed by atoms with Crippen LogP contribution in [0, 0.1) is 10.5 Å². The van der Waals surface area contributed by atoms with Crippen molar-refractivity contribution in [2.75, 3.05) is 16.9 Å². The highest BCUT2D eigenvalue weighted by Crippen LogP contribution is 2.20. The van der Waals surface area contributed by atoms with Crippen LogP contribution < -0.4 is 16.7 Å². The molecule has 0 fully saturated rings. The SMILES string of the molecule is Cc1cc(I)ccc1NC(=O)CSc1nnc(C(C)(C)C)c(=O)n1N. The molecule has 0 spiro atoms. The van der Waals surface area contributed by atoms with Crippen LogP contribution in [0.25, 0.3) is 0 Å². The normalized spacial score (nSPS) is 11.4. The number of nitrogens with two attached hydrogens (primary N) is 1. The highest BCUT2D eigenvalue weighted by Gasteiger charge is 2.23. The fraction of sp³-hybridized carbons (Fsp3) is 0.375. The summed E-state index contributed by atoms with van der Waals surface area (Å²) >= 11 is 3.28. The molecule has 0 unspecified atom stereocenters. The van der Waals surface area contributed by atoms with Crippen molar-refractivity contribution in [3.05, 3.63) is 43.4 Å². The van der Waals surface area contributed by atoms with Crippen molar-refractivity contribution in [1.82, 2.24) is 14.9 Å². The smallest absolute Gasteiger partial charge is 0.295 e. The van der Waals surface area contributed by atoms with Crippen molar-refractivity contribution in [3.8, 4) is 0 Å². The van der Waals surface area contributed by atoms with Gasteiger partial charge in [-0.05, 0) is 53.3 Å². The molecule has 9 heteroatoms. The maximum atomic E-state index is 12.3. The molecule has 0 atom stereocenters. The number of nitrogens with zero attached hydrogens (tertiary/aromatic N) is 3. The van der Waals surface area contributed by atoms with E-state index in [1.54, 1.807) is 0 Å². The van der Waals surface area contributed by atoms with E-state index in [9.17, 15) is 9.59 Å². The third-order valence-corrected chi connectivity index (χ3v) is 4.98. The number of benzene rings is 1. The van der Waals surface area contributed by atoms with Crippen LogP contribution in [-0.4, -0.2) is 26.5 Å². The molecular formula is C16H20IN5O2S. The van der Waals surface area contributed by atoms with Crippen LogP contribution in [-0.2, 0) is 10.2 Å². The van der Waals surface area contributed by atoms with E-state index in [1.807, 2.05) is 45.9 Å². The minimum Gasteiger partial charge on any atom is -0.334 e. The molecule has 1 aromatic heterocycles. The Labute approximate surface area is 163 Å². The van der Waals surface area contributed by atoms with E-state index in [0.717, 1.165) is 31.3 Å². The van der Waals surface area contributed by atoms with E-state index in [2.05, 4.69) is 38.1 Å². The second kappa shape index (κ2) is 7.73. The Morgan fingerprint density at radius 2 is 2.04 bits per heavy atom. The second-order valence-corrected chi connectivity index (χ2v) is 8.74. The van der Waals surface area contributed by atoms with Crippen LogP contribution in [0.15, 0.2) is 28.2 Å². The average molecular weight is 473 g/mol.